The first-order chi connectivity index (χ1) is 15.1. The molecule has 2 amide bonds. The number of aliphatic carboxylic acids is 2. The van der Waals surface area contributed by atoms with Crippen molar-refractivity contribution < 1.29 is 48.2 Å². The molecule has 14 heteroatoms. The lowest BCUT2D eigenvalue weighted by molar-refractivity contribution is -0.764. The highest BCUT2D eigenvalue weighted by atomic mass is 16.6. The average Bonchev–Trinajstić information content (AvgIpc) is 2.75. The number of carboxylic acid groups (broad SMARTS) is 2. The fraction of sp³-hybridized carbons (Fsp3) is 0.389. The molecule has 0 saturated heterocycles. The minimum absolute atomic E-state index is 0.0106. The van der Waals surface area contributed by atoms with Crippen LogP contribution in [0.15, 0.2) is 22.1 Å². The van der Waals surface area contributed by atoms with E-state index in [1.807, 2.05) is 0 Å². The largest absolute Gasteiger partial charge is 0.479 e. The molecule has 1 aliphatic heterocycles. The number of nitro groups is 1. The number of amidine groups is 1. The summed E-state index contributed by atoms with van der Waals surface area (Å²) in [5, 5.41) is 29.2. The van der Waals surface area contributed by atoms with Gasteiger partial charge in [0.1, 0.15) is 12.9 Å². The number of carbonyl (C=O) groups is 3. The Morgan fingerprint density at radius 3 is 2.12 bits per heavy atom. The lowest BCUT2D eigenvalue weighted by Crippen LogP contribution is -2.57. The van der Waals surface area contributed by atoms with Gasteiger partial charge in [0.2, 0.25) is 0 Å². The van der Waals surface area contributed by atoms with E-state index >= 15 is 0 Å². The van der Waals surface area contributed by atoms with E-state index in [1.165, 1.54) is 0 Å². The van der Waals surface area contributed by atoms with Crippen molar-refractivity contribution in [2.24, 2.45) is 9.98 Å². The second-order valence-corrected chi connectivity index (χ2v) is 6.38. The van der Waals surface area contributed by atoms with Gasteiger partial charge in [-0.3, -0.25) is 10.1 Å². The van der Waals surface area contributed by atoms with E-state index in [2.05, 4.69) is 9.98 Å². The number of hydrogen-bond acceptors (Lipinski definition) is 9. The Balaban J connectivity index is 2.41. The molecule has 0 aromatic heterocycles. The van der Waals surface area contributed by atoms with Gasteiger partial charge in [-0.25, -0.2) is 14.4 Å². The van der Waals surface area contributed by atoms with E-state index in [0.29, 0.717) is 0 Å². The molecule has 172 valence electrons. The number of carboxylic acids is 2. The Labute approximate surface area is 181 Å². The van der Waals surface area contributed by atoms with Crippen LogP contribution in [0.4, 0.5) is 10.5 Å². The average molecular weight is 453 g/mol. The zero-order valence-corrected chi connectivity index (χ0v) is 17.2. The zero-order valence-electron chi connectivity index (χ0n) is 17.2. The molecule has 0 aliphatic carbocycles. The van der Waals surface area contributed by atoms with Crippen LogP contribution in [-0.4, -0.2) is 76.3 Å². The summed E-state index contributed by atoms with van der Waals surface area (Å²) in [6.45, 7) is 1.97. The SMILES string of the molecule is CC[N+]1(CC)C(=O)N=CN=C1OCc1cc(OCC(=O)O)c(OCC(=O)O)cc1[N+](=O)[O-]. The van der Waals surface area contributed by atoms with E-state index in [-0.39, 0.29) is 40.7 Å². The summed E-state index contributed by atoms with van der Waals surface area (Å²) in [4.78, 5) is 52.5. The van der Waals surface area contributed by atoms with Crippen molar-refractivity contribution in [2.75, 3.05) is 26.3 Å². The predicted octanol–water partition coefficient (Wildman–Crippen LogP) is 1.41. The molecule has 0 bridgehead atoms. The molecular weight excluding hydrogens is 432 g/mol. The maximum Gasteiger partial charge on any atom is 0.453 e. The molecule has 0 radical (unpaired) electrons. The van der Waals surface area contributed by atoms with E-state index in [4.69, 9.17) is 24.4 Å². The molecule has 0 fully saturated rings. The molecule has 32 heavy (non-hydrogen) atoms. The van der Waals surface area contributed by atoms with Gasteiger partial charge in [-0.15, -0.1) is 9.98 Å². The van der Waals surface area contributed by atoms with Gasteiger partial charge >= 0.3 is 24.0 Å². The number of quaternary nitrogens is 1. The Bertz CT molecular complexity index is 984. The Kier molecular flexibility index (Phi) is 7.79. The van der Waals surface area contributed by atoms with Gasteiger partial charge in [0.15, 0.2) is 24.7 Å². The number of aliphatic imine (C=N–C) groups is 2. The minimum atomic E-state index is -1.35. The molecule has 0 atom stereocenters. The van der Waals surface area contributed by atoms with Crippen molar-refractivity contribution in [3.05, 3.63) is 27.8 Å². The molecule has 1 aromatic rings. The van der Waals surface area contributed by atoms with Crippen LogP contribution in [0.25, 0.3) is 0 Å². The third-order valence-electron chi connectivity index (χ3n) is 4.55. The van der Waals surface area contributed by atoms with Gasteiger partial charge in [-0.05, 0) is 19.9 Å². The van der Waals surface area contributed by atoms with Gasteiger partial charge < -0.3 is 24.4 Å². The molecule has 0 unspecified atom stereocenters. The summed E-state index contributed by atoms with van der Waals surface area (Å²) in [5.41, 5.74) is -0.531. The predicted molar refractivity (Wildman–Crippen MR) is 107 cm³/mol. The van der Waals surface area contributed by atoms with E-state index in [0.717, 1.165) is 18.5 Å². The third-order valence-corrected chi connectivity index (χ3v) is 4.55. The van der Waals surface area contributed by atoms with Crippen LogP contribution in [0.1, 0.15) is 19.4 Å². The number of rotatable bonds is 11. The van der Waals surface area contributed by atoms with Crippen LogP contribution in [0, 0.1) is 10.1 Å². The highest BCUT2D eigenvalue weighted by Crippen LogP contribution is 2.35. The molecule has 1 aliphatic rings. The van der Waals surface area contributed by atoms with Gasteiger partial charge in [0.25, 0.3) is 5.69 Å². The fourth-order valence-corrected chi connectivity index (χ4v) is 2.88. The van der Waals surface area contributed by atoms with Crippen molar-refractivity contribution in [3.63, 3.8) is 0 Å². The van der Waals surface area contributed by atoms with E-state index in [9.17, 15) is 24.5 Å². The molecule has 1 heterocycles. The fourth-order valence-electron chi connectivity index (χ4n) is 2.88. The summed E-state index contributed by atoms with van der Waals surface area (Å²) < 4.78 is 15.4. The van der Waals surface area contributed by atoms with Crippen molar-refractivity contribution in [1.82, 2.24) is 0 Å². The highest BCUT2D eigenvalue weighted by molar-refractivity contribution is 5.94. The second kappa shape index (κ2) is 10.3. The van der Waals surface area contributed by atoms with Crippen molar-refractivity contribution >= 4 is 36.0 Å². The summed E-state index contributed by atoms with van der Waals surface area (Å²) in [6.07, 6.45) is 1.03. The molecule has 2 rings (SSSR count). The maximum absolute atomic E-state index is 12.3. The van der Waals surface area contributed by atoms with Gasteiger partial charge in [-0.2, -0.15) is 4.48 Å². The summed E-state index contributed by atoms with van der Waals surface area (Å²) in [5.74, 6) is -3.23. The van der Waals surface area contributed by atoms with Crippen LogP contribution in [-0.2, 0) is 20.9 Å². The summed E-state index contributed by atoms with van der Waals surface area (Å²) in [6, 6.07) is 1.51. The van der Waals surface area contributed by atoms with Gasteiger partial charge in [0.05, 0.1) is 29.6 Å². The molecule has 14 nitrogen and oxygen atoms in total. The molecule has 0 saturated carbocycles. The molecule has 1 aromatic carbocycles. The van der Waals surface area contributed by atoms with Crippen LogP contribution in [0.3, 0.4) is 0 Å². The first-order valence-electron chi connectivity index (χ1n) is 9.30. The molecule has 2 N–H and O–H groups in total. The lowest BCUT2D eigenvalue weighted by Gasteiger charge is -2.31. The number of ether oxygens (including phenoxy) is 3. The Morgan fingerprint density at radius 2 is 1.62 bits per heavy atom. The van der Waals surface area contributed by atoms with Crippen LogP contribution >= 0.6 is 0 Å². The topological polar surface area (TPSA) is 187 Å². The number of hydrogen-bond donors (Lipinski definition) is 2. The first-order valence-corrected chi connectivity index (χ1v) is 9.30. The van der Waals surface area contributed by atoms with Crippen molar-refractivity contribution in [2.45, 2.75) is 20.5 Å². The van der Waals surface area contributed by atoms with Crippen LogP contribution in [0.2, 0.25) is 0 Å². The number of urea groups is 1. The quantitative estimate of drug-likeness (QED) is 0.282. The number of nitro benzene ring substituents is 1. The minimum Gasteiger partial charge on any atom is -0.479 e. The summed E-state index contributed by atoms with van der Waals surface area (Å²) >= 11 is 0. The monoisotopic (exact) mass is 453 g/mol. The highest BCUT2D eigenvalue weighted by Gasteiger charge is 2.44. The molecule has 0 spiro atoms. The smallest absolute Gasteiger partial charge is 0.453 e. The van der Waals surface area contributed by atoms with Crippen LogP contribution < -0.4 is 9.47 Å². The third kappa shape index (κ3) is 5.34. The lowest BCUT2D eigenvalue weighted by atomic mass is 10.1. The normalized spacial score (nSPS) is 14.4. The Hall–Kier alpha value is -4.07. The standard InChI is InChI=1S/C18H20N4O10/c1-3-22(4-2)17(27)19-10-20-18(22)32-7-11-5-13(30-8-15(23)24)14(31-9-16(25)26)6-12(11)21(28)29/h5-6,10H,3-4,7-9H2,1-2H3,(H-,23,24,25,26)/p+1. The summed E-state index contributed by atoms with van der Waals surface area (Å²) in [7, 11) is 0. The maximum atomic E-state index is 12.3. The second-order valence-electron chi connectivity index (χ2n) is 6.38. The van der Waals surface area contributed by atoms with Crippen molar-refractivity contribution in [3.8, 4) is 11.5 Å². The number of benzene rings is 1. The van der Waals surface area contributed by atoms with Gasteiger partial charge in [-0.1, -0.05) is 0 Å². The van der Waals surface area contributed by atoms with Gasteiger partial charge in [0, 0.05) is 0 Å². The molecular formula is C18H21N4O10+. The van der Waals surface area contributed by atoms with E-state index in [1.54, 1.807) is 13.8 Å². The number of nitrogens with zero attached hydrogens (tertiary/aromatic N) is 4. The van der Waals surface area contributed by atoms with Crippen LogP contribution in [0.5, 0.6) is 11.5 Å². The van der Waals surface area contributed by atoms with Crippen molar-refractivity contribution in [1.29, 1.82) is 0 Å². The number of amides is 2. The number of carbonyl (C=O) groups excluding carboxylic acids is 1. The zero-order chi connectivity index (χ0) is 23.9. The Morgan fingerprint density at radius 1 is 1.06 bits per heavy atom. The van der Waals surface area contributed by atoms with E-state index < -0.39 is 48.4 Å². The first kappa shape index (κ1) is 24.2.